The van der Waals surface area contributed by atoms with Gasteiger partial charge in [-0.1, -0.05) is 13.8 Å². The Morgan fingerprint density at radius 1 is 1.64 bits per heavy atom. The van der Waals surface area contributed by atoms with Crippen LogP contribution in [0.25, 0.3) is 0 Å². The van der Waals surface area contributed by atoms with Gasteiger partial charge in [0.15, 0.2) is 5.82 Å². The fourth-order valence-electron chi connectivity index (χ4n) is 1.15. The van der Waals surface area contributed by atoms with Gasteiger partial charge in [-0.2, -0.15) is 0 Å². The van der Waals surface area contributed by atoms with Crippen molar-refractivity contribution < 1.29 is 9.90 Å². The van der Waals surface area contributed by atoms with Gasteiger partial charge in [0.05, 0.1) is 6.10 Å². The van der Waals surface area contributed by atoms with Crippen LogP contribution in [0.3, 0.4) is 0 Å². The number of Topliss-reactive ketones (excluding diaryl/α,β-unsaturated/α-hetero) is 1. The maximum absolute atomic E-state index is 11.6. The first-order chi connectivity index (χ1) is 6.52. The topological polar surface area (TPSA) is 55.1 Å². The normalized spacial score (nSPS) is 13.2. The predicted molar refractivity (Wildman–Crippen MR) is 53.0 cm³/mol. The van der Waals surface area contributed by atoms with Gasteiger partial charge in [0.25, 0.3) is 0 Å². The van der Waals surface area contributed by atoms with Gasteiger partial charge in [-0.3, -0.25) is 4.79 Å². The lowest BCUT2D eigenvalue weighted by Gasteiger charge is -2.12. The third kappa shape index (κ3) is 2.42. The number of aliphatic hydroxyl groups is 1. The van der Waals surface area contributed by atoms with Crippen LogP contribution < -0.4 is 0 Å². The molecule has 14 heavy (non-hydrogen) atoms. The molecule has 4 heteroatoms. The molecule has 1 aromatic rings. The van der Waals surface area contributed by atoms with Gasteiger partial charge in [-0.05, 0) is 5.92 Å². The summed E-state index contributed by atoms with van der Waals surface area (Å²) in [4.78, 5) is 15.5. The van der Waals surface area contributed by atoms with E-state index in [9.17, 15) is 9.90 Å². The maximum atomic E-state index is 11.6. The largest absolute Gasteiger partial charge is 0.392 e. The van der Waals surface area contributed by atoms with E-state index < -0.39 is 6.10 Å². The molecule has 1 aromatic heterocycles. The van der Waals surface area contributed by atoms with Gasteiger partial charge < -0.3 is 9.67 Å². The second kappa shape index (κ2) is 4.37. The summed E-state index contributed by atoms with van der Waals surface area (Å²) in [7, 11) is 1.77. The van der Waals surface area contributed by atoms with Crippen LogP contribution >= 0.6 is 0 Å². The van der Waals surface area contributed by atoms with E-state index in [1.807, 2.05) is 13.8 Å². The summed E-state index contributed by atoms with van der Waals surface area (Å²) in [6.45, 7) is 3.77. The van der Waals surface area contributed by atoms with Gasteiger partial charge in [-0.25, -0.2) is 4.98 Å². The zero-order valence-corrected chi connectivity index (χ0v) is 8.77. The lowest BCUT2D eigenvalue weighted by Crippen LogP contribution is -2.21. The molecule has 0 saturated carbocycles. The Labute approximate surface area is 83.6 Å². The van der Waals surface area contributed by atoms with Crippen LogP contribution in [0, 0.1) is 5.92 Å². The molecule has 0 aromatic carbocycles. The highest BCUT2D eigenvalue weighted by Gasteiger charge is 2.18. The first-order valence-corrected chi connectivity index (χ1v) is 4.71. The van der Waals surface area contributed by atoms with Gasteiger partial charge >= 0.3 is 0 Å². The summed E-state index contributed by atoms with van der Waals surface area (Å²) in [5.41, 5.74) is 0. The summed E-state index contributed by atoms with van der Waals surface area (Å²) < 4.78 is 1.66. The average Bonchev–Trinajstić information content (AvgIpc) is 2.51. The van der Waals surface area contributed by atoms with Crippen LogP contribution in [0.1, 0.15) is 30.9 Å². The highest BCUT2D eigenvalue weighted by molar-refractivity contribution is 5.93. The molecule has 0 spiro atoms. The van der Waals surface area contributed by atoms with Crippen molar-refractivity contribution in [3.8, 4) is 0 Å². The summed E-state index contributed by atoms with van der Waals surface area (Å²) in [6, 6.07) is 0. The molecule has 1 N–H and O–H groups in total. The molecule has 1 atom stereocenters. The van der Waals surface area contributed by atoms with Crippen LogP contribution in [0.5, 0.6) is 0 Å². The Bertz CT molecular complexity index is 318. The second-order valence-electron chi connectivity index (χ2n) is 3.80. The molecular formula is C10H16N2O2. The third-order valence-electron chi connectivity index (χ3n) is 2.23. The zero-order valence-electron chi connectivity index (χ0n) is 8.77. The van der Waals surface area contributed by atoms with Crippen LogP contribution in [-0.2, 0) is 7.05 Å². The fraction of sp³-hybridized carbons (Fsp3) is 0.600. The van der Waals surface area contributed by atoms with Gasteiger partial charge in [0.1, 0.15) is 0 Å². The third-order valence-corrected chi connectivity index (χ3v) is 2.23. The number of hydrogen-bond donors (Lipinski definition) is 1. The van der Waals surface area contributed by atoms with Crippen molar-refractivity contribution in [2.75, 3.05) is 0 Å². The number of carbonyl (C=O) groups excluding carboxylic acids is 1. The molecule has 0 fully saturated rings. The Morgan fingerprint density at radius 3 is 2.71 bits per heavy atom. The van der Waals surface area contributed by atoms with Gasteiger partial charge in [0, 0.05) is 25.9 Å². The fourth-order valence-corrected chi connectivity index (χ4v) is 1.15. The van der Waals surface area contributed by atoms with Crippen LogP contribution in [0.15, 0.2) is 12.4 Å². The number of rotatable bonds is 4. The molecule has 0 radical (unpaired) electrons. The Balaban J connectivity index is 2.64. The second-order valence-corrected chi connectivity index (χ2v) is 3.80. The zero-order chi connectivity index (χ0) is 10.7. The lowest BCUT2D eigenvalue weighted by atomic mass is 10.0. The monoisotopic (exact) mass is 196 g/mol. The predicted octanol–water partition coefficient (Wildman–Crippen LogP) is 1.01. The van der Waals surface area contributed by atoms with Crippen molar-refractivity contribution in [2.45, 2.75) is 26.4 Å². The molecule has 0 unspecified atom stereocenters. The van der Waals surface area contributed by atoms with E-state index in [1.54, 1.807) is 24.0 Å². The van der Waals surface area contributed by atoms with E-state index in [2.05, 4.69) is 4.98 Å². The van der Waals surface area contributed by atoms with E-state index in [1.165, 1.54) is 0 Å². The molecule has 0 aliphatic heterocycles. The Kier molecular flexibility index (Phi) is 3.41. The molecule has 0 amide bonds. The summed E-state index contributed by atoms with van der Waals surface area (Å²) >= 11 is 0. The molecule has 0 bridgehead atoms. The first kappa shape index (κ1) is 10.9. The van der Waals surface area contributed by atoms with Gasteiger partial charge in [-0.15, -0.1) is 0 Å². The Morgan fingerprint density at radius 2 is 2.29 bits per heavy atom. The summed E-state index contributed by atoms with van der Waals surface area (Å²) in [6.07, 6.45) is 2.85. The van der Waals surface area contributed by atoms with E-state index in [-0.39, 0.29) is 18.1 Å². The van der Waals surface area contributed by atoms with E-state index >= 15 is 0 Å². The molecule has 4 nitrogen and oxygen atoms in total. The van der Waals surface area contributed by atoms with Crippen LogP contribution in [0.2, 0.25) is 0 Å². The lowest BCUT2D eigenvalue weighted by molar-refractivity contribution is 0.0778. The number of aliphatic hydroxyl groups excluding tert-OH is 1. The van der Waals surface area contributed by atoms with E-state index in [0.717, 1.165) is 0 Å². The Hall–Kier alpha value is -1.16. The van der Waals surface area contributed by atoms with E-state index in [0.29, 0.717) is 5.82 Å². The number of nitrogens with zero attached hydrogens (tertiary/aromatic N) is 2. The molecular weight excluding hydrogens is 180 g/mol. The van der Waals surface area contributed by atoms with Crippen molar-refractivity contribution in [2.24, 2.45) is 13.0 Å². The highest BCUT2D eigenvalue weighted by atomic mass is 16.3. The van der Waals surface area contributed by atoms with Crippen molar-refractivity contribution in [3.63, 3.8) is 0 Å². The van der Waals surface area contributed by atoms with Crippen molar-refractivity contribution >= 4 is 5.78 Å². The molecule has 0 saturated heterocycles. The molecule has 78 valence electrons. The number of carbonyl (C=O) groups is 1. The minimum atomic E-state index is -0.584. The molecule has 0 aliphatic carbocycles. The smallest absolute Gasteiger partial charge is 0.200 e. The summed E-state index contributed by atoms with van der Waals surface area (Å²) in [5.74, 6) is 0.391. The quantitative estimate of drug-likeness (QED) is 0.731. The molecule has 1 rings (SSSR count). The first-order valence-electron chi connectivity index (χ1n) is 4.71. The van der Waals surface area contributed by atoms with Crippen molar-refractivity contribution in [1.29, 1.82) is 0 Å². The number of hydrogen-bond acceptors (Lipinski definition) is 3. The van der Waals surface area contributed by atoms with Crippen LogP contribution in [0.4, 0.5) is 0 Å². The average molecular weight is 196 g/mol. The van der Waals surface area contributed by atoms with Crippen molar-refractivity contribution in [1.82, 2.24) is 9.55 Å². The minimum Gasteiger partial charge on any atom is -0.392 e. The molecule has 0 aliphatic rings. The van der Waals surface area contributed by atoms with Crippen molar-refractivity contribution in [3.05, 3.63) is 18.2 Å². The molecule has 1 heterocycles. The number of aryl methyl sites for hydroxylation is 1. The number of aromatic nitrogens is 2. The van der Waals surface area contributed by atoms with E-state index in [4.69, 9.17) is 0 Å². The standard InChI is InChI=1S/C10H16N2O2/c1-7(2)8(13)6-9(14)10-11-4-5-12(10)3/h4-5,7-8,13H,6H2,1-3H3/t8-/m1/s1. The number of imidazole rings is 1. The maximum Gasteiger partial charge on any atom is 0.200 e. The minimum absolute atomic E-state index is 0.0965. The summed E-state index contributed by atoms with van der Waals surface area (Å²) in [5, 5.41) is 9.53. The number of ketones is 1. The van der Waals surface area contributed by atoms with Crippen LogP contribution in [-0.4, -0.2) is 26.5 Å². The SMILES string of the molecule is CC(C)[C@H](O)CC(=O)c1nccn1C. The van der Waals surface area contributed by atoms with Gasteiger partial charge in [0.2, 0.25) is 5.78 Å². The highest BCUT2D eigenvalue weighted by Crippen LogP contribution is 2.09.